The highest BCUT2D eigenvalue weighted by molar-refractivity contribution is 7.86. The quantitative estimate of drug-likeness (QED) is 0.778. The van der Waals surface area contributed by atoms with Gasteiger partial charge < -0.3 is 5.73 Å². The Morgan fingerprint density at radius 2 is 2.06 bits per heavy atom. The van der Waals surface area contributed by atoms with Gasteiger partial charge in [0, 0.05) is 25.7 Å². The molecule has 1 saturated heterocycles. The molecule has 0 bridgehead atoms. The minimum atomic E-state index is -3.24. The van der Waals surface area contributed by atoms with E-state index >= 15 is 0 Å². The van der Waals surface area contributed by atoms with E-state index in [0.717, 1.165) is 25.7 Å². The van der Waals surface area contributed by atoms with Gasteiger partial charge in [0.2, 0.25) is 0 Å². The molecule has 5 nitrogen and oxygen atoms in total. The van der Waals surface area contributed by atoms with Crippen LogP contribution in [-0.4, -0.2) is 49.2 Å². The van der Waals surface area contributed by atoms with E-state index in [1.165, 1.54) is 0 Å². The van der Waals surface area contributed by atoms with Crippen LogP contribution >= 0.6 is 0 Å². The lowest BCUT2D eigenvalue weighted by atomic mass is 10.0. The van der Waals surface area contributed by atoms with Gasteiger partial charge in [-0.3, -0.25) is 0 Å². The van der Waals surface area contributed by atoms with Crippen LogP contribution in [0.1, 0.15) is 32.6 Å². The van der Waals surface area contributed by atoms with E-state index in [2.05, 4.69) is 0 Å². The van der Waals surface area contributed by atoms with Crippen molar-refractivity contribution in [2.24, 2.45) is 11.7 Å². The highest BCUT2D eigenvalue weighted by atomic mass is 32.2. The molecule has 1 saturated carbocycles. The van der Waals surface area contributed by atoms with Crippen LogP contribution in [0.15, 0.2) is 0 Å². The van der Waals surface area contributed by atoms with Crippen LogP contribution < -0.4 is 5.73 Å². The third-order valence-corrected chi connectivity index (χ3v) is 5.84. The maximum Gasteiger partial charge on any atom is 0.282 e. The number of rotatable bonds is 5. The number of nitrogens with two attached hydrogens (primary N) is 1. The van der Waals surface area contributed by atoms with Crippen molar-refractivity contribution < 1.29 is 8.42 Å². The maximum absolute atomic E-state index is 12.5. The summed E-state index contributed by atoms with van der Waals surface area (Å²) in [5, 5.41) is 0. The standard InChI is InChI=1S/C11H23N3O2S/c1-2-14(11-5-6-11)17(15,16)13-7-3-4-10(8-12)9-13/h10-11H,2-9,12H2,1H3. The maximum atomic E-state index is 12.5. The molecule has 0 amide bonds. The van der Waals surface area contributed by atoms with E-state index in [-0.39, 0.29) is 6.04 Å². The van der Waals surface area contributed by atoms with Gasteiger partial charge in [-0.05, 0) is 38.1 Å². The smallest absolute Gasteiger partial charge is 0.282 e. The van der Waals surface area contributed by atoms with Crippen molar-refractivity contribution in [3.8, 4) is 0 Å². The summed E-state index contributed by atoms with van der Waals surface area (Å²) in [5.41, 5.74) is 5.65. The van der Waals surface area contributed by atoms with Crippen LogP contribution in [-0.2, 0) is 10.2 Å². The Morgan fingerprint density at radius 1 is 1.35 bits per heavy atom. The molecular formula is C11H23N3O2S. The Hall–Kier alpha value is -0.170. The fraction of sp³-hybridized carbons (Fsp3) is 1.00. The van der Waals surface area contributed by atoms with Gasteiger partial charge in [-0.1, -0.05) is 6.92 Å². The largest absolute Gasteiger partial charge is 0.330 e. The molecule has 1 heterocycles. The van der Waals surface area contributed by atoms with Gasteiger partial charge in [-0.25, -0.2) is 0 Å². The molecule has 0 aromatic heterocycles. The SMILES string of the molecule is CCN(C1CC1)S(=O)(=O)N1CCCC(CN)C1. The second-order valence-corrected chi connectivity index (χ2v) is 6.93. The highest BCUT2D eigenvalue weighted by Gasteiger charge is 2.40. The van der Waals surface area contributed by atoms with Crippen LogP contribution in [0.5, 0.6) is 0 Å². The molecule has 0 spiro atoms. The summed E-state index contributed by atoms with van der Waals surface area (Å²) in [6.45, 7) is 4.34. The van der Waals surface area contributed by atoms with E-state index in [1.807, 2.05) is 6.92 Å². The summed E-state index contributed by atoms with van der Waals surface area (Å²) in [6.07, 6.45) is 4.02. The van der Waals surface area contributed by atoms with Gasteiger partial charge in [-0.2, -0.15) is 17.0 Å². The lowest BCUT2D eigenvalue weighted by molar-refractivity contribution is 0.250. The van der Waals surface area contributed by atoms with Gasteiger partial charge in [0.15, 0.2) is 0 Å². The summed E-state index contributed by atoms with van der Waals surface area (Å²) in [6, 6.07) is 0.253. The first kappa shape index (κ1) is 13.3. The zero-order valence-corrected chi connectivity index (χ0v) is 11.3. The van der Waals surface area contributed by atoms with Crippen molar-refractivity contribution >= 4 is 10.2 Å². The van der Waals surface area contributed by atoms with Gasteiger partial charge in [0.25, 0.3) is 10.2 Å². The summed E-state index contributed by atoms with van der Waals surface area (Å²) >= 11 is 0. The molecule has 2 N–H and O–H groups in total. The Kier molecular flexibility index (Phi) is 4.07. The van der Waals surface area contributed by atoms with Crippen molar-refractivity contribution in [2.45, 2.75) is 38.6 Å². The van der Waals surface area contributed by atoms with Gasteiger partial charge in [0.1, 0.15) is 0 Å². The predicted octanol–water partition coefficient (Wildman–Crippen LogP) is 0.386. The number of hydrogen-bond acceptors (Lipinski definition) is 3. The lowest BCUT2D eigenvalue weighted by Crippen LogP contribution is -2.49. The van der Waals surface area contributed by atoms with Crippen molar-refractivity contribution in [3.63, 3.8) is 0 Å². The van der Waals surface area contributed by atoms with E-state index in [0.29, 0.717) is 32.1 Å². The normalized spacial score (nSPS) is 27.6. The van der Waals surface area contributed by atoms with Crippen LogP contribution in [0.4, 0.5) is 0 Å². The number of nitrogens with zero attached hydrogens (tertiary/aromatic N) is 2. The fourth-order valence-electron chi connectivity index (χ4n) is 2.55. The second kappa shape index (κ2) is 5.22. The van der Waals surface area contributed by atoms with Crippen molar-refractivity contribution in [1.82, 2.24) is 8.61 Å². The van der Waals surface area contributed by atoms with E-state index in [4.69, 9.17) is 5.73 Å². The molecular weight excluding hydrogens is 238 g/mol. The molecule has 1 unspecified atom stereocenters. The van der Waals surface area contributed by atoms with E-state index in [1.54, 1.807) is 8.61 Å². The average molecular weight is 261 g/mol. The van der Waals surface area contributed by atoms with E-state index < -0.39 is 10.2 Å². The summed E-state index contributed by atoms with van der Waals surface area (Å²) in [5.74, 6) is 0.330. The zero-order chi connectivity index (χ0) is 12.5. The summed E-state index contributed by atoms with van der Waals surface area (Å²) < 4.78 is 28.2. The molecule has 2 fully saturated rings. The van der Waals surface area contributed by atoms with Crippen LogP contribution in [0, 0.1) is 5.92 Å². The van der Waals surface area contributed by atoms with Crippen LogP contribution in [0.3, 0.4) is 0 Å². The molecule has 0 radical (unpaired) electrons. The molecule has 100 valence electrons. The zero-order valence-electron chi connectivity index (χ0n) is 10.5. The highest BCUT2D eigenvalue weighted by Crippen LogP contribution is 2.31. The second-order valence-electron chi connectivity index (χ2n) is 5.04. The Bertz CT molecular complexity index is 354. The molecule has 1 aliphatic heterocycles. The van der Waals surface area contributed by atoms with E-state index in [9.17, 15) is 8.42 Å². The average Bonchev–Trinajstić information content (AvgIpc) is 3.14. The van der Waals surface area contributed by atoms with Crippen molar-refractivity contribution in [2.75, 3.05) is 26.2 Å². The van der Waals surface area contributed by atoms with Crippen molar-refractivity contribution in [1.29, 1.82) is 0 Å². The molecule has 0 aromatic rings. The molecule has 1 atom stereocenters. The first-order valence-corrected chi connectivity index (χ1v) is 7.96. The minimum absolute atomic E-state index is 0.253. The number of hydrogen-bond donors (Lipinski definition) is 1. The fourth-order valence-corrected chi connectivity index (χ4v) is 4.52. The first-order chi connectivity index (χ1) is 8.09. The van der Waals surface area contributed by atoms with Gasteiger partial charge >= 0.3 is 0 Å². The van der Waals surface area contributed by atoms with Crippen LogP contribution in [0.2, 0.25) is 0 Å². The molecule has 0 aromatic carbocycles. The molecule has 6 heteroatoms. The third-order valence-electron chi connectivity index (χ3n) is 3.70. The lowest BCUT2D eigenvalue weighted by Gasteiger charge is -2.35. The summed E-state index contributed by atoms with van der Waals surface area (Å²) in [4.78, 5) is 0. The Labute approximate surface area is 104 Å². The predicted molar refractivity (Wildman–Crippen MR) is 67.7 cm³/mol. The molecule has 17 heavy (non-hydrogen) atoms. The Balaban J connectivity index is 2.08. The van der Waals surface area contributed by atoms with Crippen molar-refractivity contribution in [3.05, 3.63) is 0 Å². The minimum Gasteiger partial charge on any atom is -0.330 e. The van der Waals surface area contributed by atoms with Gasteiger partial charge in [0.05, 0.1) is 0 Å². The Morgan fingerprint density at radius 3 is 2.59 bits per heavy atom. The summed E-state index contributed by atoms with van der Waals surface area (Å²) in [7, 11) is -3.24. The van der Waals surface area contributed by atoms with Crippen LogP contribution in [0.25, 0.3) is 0 Å². The number of piperidine rings is 1. The monoisotopic (exact) mass is 261 g/mol. The first-order valence-electron chi connectivity index (χ1n) is 6.56. The molecule has 2 aliphatic rings. The third kappa shape index (κ3) is 2.81. The molecule has 1 aliphatic carbocycles. The topological polar surface area (TPSA) is 66.6 Å². The molecule has 2 rings (SSSR count). The van der Waals surface area contributed by atoms with Gasteiger partial charge in [-0.15, -0.1) is 0 Å².